The molecule has 7 nitrogen and oxygen atoms in total. The molecule has 0 aromatic rings. The second kappa shape index (κ2) is 8.05. The third kappa shape index (κ3) is 6.93. The Morgan fingerprint density at radius 2 is 1.88 bits per heavy atom. The van der Waals surface area contributed by atoms with Crippen LogP contribution in [-0.2, 0) is 14.4 Å². The van der Waals surface area contributed by atoms with Gasteiger partial charge >= 0.3 is 105 Å². The van der Waals surface area contributed by atoms with E-state index in [4.69, 9.17) is 15.9 Å². The fourth-order valence-electron chi connectivity index (χ4n) is 1.02. The molecule has 98 valence electrons. The molecule has 1 amide bonds. The third-order valence-corrected chi connectivity index (χ3v) is 3.36. The number of hydrogen-bond donors (Lipinski definition) is 4. The SMILES string of the molecule is C[Se]C[C@H](NC(=O)CCC(N)C(=O)O)C(=O)O. The molecule has 0 aromatic carbocycles. The number of aliphatic carboxylic acids is 2. The molecule has 0 radical (unpaired) electrons. The molecule has 0 rings (SSSR count). The molecule has 0 spiro atoms. The molecule has 8 heteroatoms. The molecule has 0 bridgehead atoms. The van der Waals surface area contributed by atoms with Crippen LogP contribution in [0.4, 0.5) is 0 Å². The van der Waals surface area contributed by atoms with Crippen molar-refractivity contribution in [1.82, 2.24) is 5.32 Å². The molecule has 2 atom stereocenters. The fourth-order valence-corrected chi connectivity index (χ4v) is 2.19. The third-order valence-electron chi connectivity index (χ3n) is 1.97. The van der Waals surface area contributed by atoms with E-state index >= 15 is 0 Å². The summed E-state index contributed by atoms with van der Waals surface area (Å²) in [6.45, 7) is 0. The van der Waals surface area contributed by atoms with E-state index in [1.165, 1.54) is 0 Å². The first-order chi connectivity index (χ1) is 7.88. The summed E-state index contributed by atoms with van der Waals surface area (Å²) < 4.78 is 0. The van der Waals surface area contributed by atoms with E-state index in [0.29, 0.717) is 5.32 Å². The van der Waals surface area contributed by atoms with Gasteiger partial charge in [0, 0.05) is 0 Å². The van der Waals surface area contributed by atoms with Crippen LogP contribution in [0.2, 0.25) is 11.1 Å². The van der Waals surface area contributed by atoms with Crippen molar-refractivity contribution in [2.75, 3.05) is 0 Å². The molecule has 0 heterocycles. The summed E-state index contributed by atoms with van der Waals surface area (Å²) in [5.74, 6) is -0.873. The van der Waals surface area contributed by atoms with Crippen molar-refractivity contribution in [3.8, 4) is 0 Å². The Morgan fingerprint density at radius 1 is 1.29 bits per heavy atom. The zero-order valence-electron chi connectivity index (χ0n) is 9.38. The summed E-state index contributed by atoms with van der Waals surface area (Å²) in [6, 6.07) is -1.99. The van der Waals surface area contributed by atoms with Gasteiger partial charge in [0.25, 0.3) is 0 Å². The van der Waals surface area contributed by atoms with Gasteiger partial charge in [0.2, 0.25) is 0 Å². The van der Waals surface area contributed by atoms with Gasteiger partial charge in [0.05, 0.1) is 0 Å². The summed E-state index contributed by atoms with van der Waals surface area (Å²) in [7, 11) is 0. The molecule has 0 saturated carbocycles. The molecule has 0 aliphatic carbocycles. The van der Waals surface area contributed by atoms with Crippen molar-refractivity contribution >= 4 is 32.8 Å². The van der Waals surface area contributed by atoms with Crippen LogP contribution in [0.5, 0.6) is 0 Å². The number of carboxylic acid groups (broad SMARTS) is 2. The Balaban J connectivity index is 4.06. The van der Waals surface area contributed by atoms with E-state index < -0.39 is 29.9 Å². The van der Waals surface area contributed by atoms with E-state index in [2.05, 4.69) is 5.32 Å². The second-order valence-corrected chi connectivity index (χ2v) is 5.31. The van der Waals surface area contributed by atoms with Crippen LogP contribution in [0.3, 0.4) is 0 Å². The Hall–Kier alpha value is -1.11. The van der Waals surface area contributed by atoms with E-state index in [0.717, 1.165) is 0 Å². The normalized spacial score (nSPS) is 13.8. The maximum atomic E-state index is 11.3. The van der Waals surface area contributed by atoms with Crippen LogP contribution in [0.1, 0.15) is 12.8 Å². The van der Waals surface area contributed by atoms with Crippen LogP contribution in [0.15, 0.2) is 0 Å². The molecule has 0 fully saturated rings. The minimum absolute atomic E-state index is 0.00915. The van der Waals surface area contributed by atoms with Crippen molar-refractivity contribution in [3.05, 3.63) is 0 Å². The zero-order valence-corrected chi connectivity index (χ0v) is 11.1. The molecule has 0 saturated heterocycles. The van der Waals surface area contributed by atoms with Crippen LogP contribution in [0, 0.1) is 0 Å². The Kier molecular flexibility index (Phi) is 7.52. The predicted molar refractivity (Wildman–Crippen MR) is 60.8 cm³/mol. The van der Waals surface area contributed by atoms with E-state index in [9.17, 15) is 14.4 Å². The van der Waals surface area contributed by atoms with Gasteiger partial charge in [-0.2, -0.15) is 0 Å². The van der Waals surface area contributed by atoms with Crippen molar-refractivity contribution in [2.24, 2.45) is 5.73 Å². The maximum absolute atomic E-state index is 11.3. The van der Waals surface area contributed by atoms with Crippen LogP contribution in [0.25, 0.3) is 0 Å². The number of carboxylic acids is 2. The molecule has 0 aromatic heterocycles. The van der Waals surface area contributed by atoms with Crippen molar-refractivity contribution in [3.63, 3.8) is 0 Å². The monoisotopic (exact) mass is 312 g/mol. The van der Waals surface area contributed by atoms with Crippen LogP contribution >= 0.6 is 0 Å². The number of rotatable bonds is 8. The summed E-state index contributed by atoms with van der Waals surface area (Å²) in [5, 5.41) is 20.0. The molecule has 1 unspecified atom stereocenters. The van der Waals surface area contributed by atoms with E-state index in [1.807, 2.05) is 5.82 Å². The number of hydrogen-bond acceptors (Lipinski definition) is 4. The van der Waals surface area contributed by atoms with Gasteiger partial charge in [0.1, 0.15) is 0 Å². The predicted octanol–water partition coefficient (Wildman–Crippen LogP) is -1.08. The average Bonchev–Trinajstić information content (AvgIpc) is 2.24. The molecule has 17 heavy (non-hydrogen) atoms. The van der Waals surface area contributed by atoms with E-state index in [1.54, 1.807) is 0 Å². The summed E-state index contributed by atoms with van der Waals surface area (Å²) in [4.78, 5) is 32.5. The fraction of sp³-hybridized carbons (Fsp3) is 0.667. The van der Waals surface area contributed by atoms with E-state index in [-0.39, 0.29) is 27.8 Å². The summed E-state index contributed by atoms with van der Waals surface area (Å²) >= 11 is 0.133. The van der Waals surface area contributed by atoms with Gasteiger partial charge in [-0.05, 0) is 0 Å². The van der Waals surface area contributed by atoms with Crippen molar-refractivity contribution < 1.29 is 24.6 Å². The minimum atomic E-state index is -1.18. The number of carbonyl (C=O) groups excluding carboxylic acids is 1. The summed E-state index contributed by atoms with van der Waals surface area (Å²) in [5.41, 5.74) is 5.22. The second-order valence-electron chi connectivity index (χ2n) is 3.40. The topological polar surface area (TPSA) is 130 Å². The van der Waals surface area contributed by atoms with Gasteiger partial charge < -0.3 is 0 Å². The van der Waals surface area contributed by atoms with Gasteiger partial charge in [-0.25, -0.2) is 0 Å². The van der Waals surface area contributed by atoms with Crippen molar-refractivity contribution in [2.45, 2.75) is 36.1 Å². The van der Waals surface area contributed by atoms with Gasteiger partial charge in [0.15, 0.2) is 0 Å². The summed E-state index contributed by atoms with van der Waals surface area (Å²) in [6.07, 6.45) is -0.0985. The molecular weight excluding hydrogens is 295 g/mol. The average molecular weight is 311 g/mol. The standard InChI is InChI=1S/C9H16N2O5Se/c1-17-4-6(9(15)16)11-7(12)3-2-5(10)8(13)14/h5-6H,2-4,10H2,1H3,(H,11,12)(H,13,14)(H,15,16)/t5?,6-/m0/s1. The first-order valence-corrected chi connectivity index (χ1v) is 7.80. The van der Waals surface area contributed by atoms with Crippen molar-refractivity contribution in [1.29, 1.82) is 0 Å². The van der Waals surface area contributed by atoms with Gasteiger partial charge in [-0.3, -0.25) is 0 Å². The first kappa shape index (κ1) is 15.9. The quantitative estimate of drug-likeness (QED) is 0.422. The molecular formula is C9H16N2O5Se. The molecule has 0 aliphatic heterocycles. The number of carbonyl (C=O) groups is 3. The van der Waals surface area contributed by atoms with Crippen LogP contribution < -0.4 is 11.1 Å². The first-order valence-electron chi connectivity index (χ1n) is 4.88. The Morgan fingerprint density at radius 3 is 2.29 bits per heavy atom. The number of amides is 1. The van der Waals surface area contributed by atoms with Gasteiger partial charge in [-0.15, -0.1) is 0 Å². The Labute approximate surface area is 105 Å². The van der Waals surface area contributed by atoms with Crippen LogP contribution in [-0.4, -0.2) is 55.1 Å². The number of nitrogens with one attached hydrogen (secondary N) is 1. The number of nitrogens with two attached hydrogens (primary N) is 1. The Bertz CT molecular complexity index is 297. The van der Waals surface area contributed by atoms with Gasteiger partial charge in [-0.1, -0.05) is 0 Å². The molecule has 0 aliphatic rings. The zero-order chi connectivity index (χ0) is 13.4. The molecule has 5 N–H and O–H groups in total.